The number of anilines is 1. The summed E-state index contributed by atoms with van der Waals surface area (Å²) in [6.07, 6.45) is 11.6. The molecule has 8 heteroatoms. The number of amides is 1. The van der Waals surface area contributed by atoms with Crippen molar-refractivity contribution in [2.24, 2.45) is 0 Å². The molecule has 3 aromatic rings. The van der Waals surface area contributed by atoms with Crippen LogP contribution in [-0.2, 0) is 4.74 Å². The van der Waals surface area contributed by atoms with Gasteiger partial charge in [-0.2, -0.15) is 0 Å². The van der Waals surface area contributed by atoms with Gasteiger partial charge in [-0.05, 0) is 91.1 Å². The summed E-state index contributed by atoms with van der Waals surface area (Å²) in [5.74, 6) is 0.206. The third-order valence-corrected chi connectivity index (χ3v) is 8.20. The van der Waals surface area contributed by atoms with E-state index in [4.69, 9.17) is 9.72 Å². The molecule has 0 spiro atoms. The number of benzene rings is 1. The van der Waals surface area contributed by atoms with E-state index >= 15 is 0 Å². The molecule has 2 aliphatic rings. The summed E-state index contributed by atoms with van der Waals surface area (Å²) in [6, 6.07) is 12.1. The summed E-state index contributed by atoms with van der Waals surface area (Å²) in [6.45, 7) is 10.5. The van der Waals surface area contributed by atoms with Crippen molar-refractivity contribution < 1.29 is 14.3 Å². The lowest BCUT2D eigenvalue weighted by Crippen LogP contribution is -2.44. The lowest BCUT2D eigenvalue weighted by molar-refractivity contribution is 0.0210. The topological polar surface area (TPSA) is 87.7 Å². The zero-order chi connectivity index (χ0) is 29.5. The first-order chi connectivity index (χ1) is 20.2. The van der Waals surface area contributed by atoms with E-state index in [2.05, 4.69) is 21.3 Å². The number of aromatic nitrogens is 2. The number of hydrogen-bond donors (Lipinski definition) is 1. The van der Waals surface area contributed by atoms with Crippen molar-refractivity contribution in [2.75, 3.05) is 38.0 Å². The summed E-state index contributed by atoms with van der Waals surface area (Å²) >= 11 is 0. The van der Waals surface area contributed by atoms with Crippen LogP contribution in [0.15, 0.2) is 48.8 Å². The van der Waals surface area contributed by atoms with E-state index < -0.39 is 5.60 Å². The Balaban J connectivity index is 1.21. The molecule has 5 rings (SSSR count). The lowest BCUT2D eigenvalue weighted by atomic mass is 10.0. The first-order valence-electron chi connectivity index (χ1n) is 15.6. The largest absolute Gasteiger partial charge is 0.444 e. The van der Waals surface area contributed by atoms with Crippen LogP contribution < -0.4 is 5.32 Å². The van der Waals surface area contributed by atoms with Gasteiger partial charge in [-0.25, -0.2) is 9.78 Å². The maximum absolute atomic E-state index is 12.8. The van der Waals surface area contributed by atoms with Crippen LogP contribution in [0.2, 0.25) is 0 Å². The molecule has 0 bridgehead atoms. The summed E-state index contributed by atoms with van der Waals surface area (Å²) in [5, 5.41) is 4.67. The Labute approximate surface area is 249 Å². The minimum Gasteiger partial charge on any atom is -0.444 e. The number of carbonyl (C=O) groups excluding carboxylic acids is 2. The molecule has 224 valence electrons. The first-order valence-corrected chi connectivity index (χ1v) is 15.6. The summed E-state index contributed by atoms with van der Waals surface area (Å²) in [7, 11) is 0. The van der Waals surface area contributed by atoms with Crippen LogP contribution in [0.5, 0.6) is 0 Å². The number of pyridine rings is 2. The predicted octanol–water partition coefficient (Wildman–Crippen LogP) is 6.95. The zero-order valence-electron chi connectivity index (χ0n) is 25.4. The Morgan fingerprint density at radius 3 is 2.43 bits per heavy atom. The number of fused-ring (bicyclic) bond motifs is 1. The highest BCUT2D eigenvalue weighted by Crippen LogP contribution is 2.30. The second kappa shape index (κ2) is 13.6. The van der Waals surface area contributed by atoms with E-state index in [-0.39, 0.29) is 17.9 Å². The second-order valence-corrected chi connectivity index (χ2v) is 12.7. The Morgan fingerprint density at radius 2 is 1.71 bits per heavy atom. The van der Waals surface area contributed by atoms with Crippen molar-refractivity contribution in [2.45, 2.75) is 83.8 Å². The van der Waals surface area contributed by atoms with E-state index in [1.807, 2.05) is 57.3 Å². The molecule has 0 aliphatic carbocycles. The molecule has 1 N–H and O–H groups in total. The number of ether oxygens (including phenoxy) is 1. The maximum atomic E-state index is 12.8. The number of Topliss-reactive ketones (excluding diaryl/α,β-unsaturated/α-hetero) is 1. The molecule has 42 heavy (non-hydrogen) atoms. The third-order valence-electron chi connectivity index (χ3n) is 8.20. The van der Waals surface area contributed by atoms with Crippen LogP contribution in [0.4, 0.5) is 10.5 Å². The minimum atomic E-state index is -0.496. The quantitative estimate of drug-likeness (QED) is 0.220. The van der Waals surface area contributed by atoms with Gasteiger partial charge < -0.3 is 19.9 Å². The second-order valence-electron chi connectivity index (χ2n) is 12.7. The van der Waals surface area contributed by atoms with Crippen molar-refractivity contribution in [1.82, 2.24) is 19.8 Å². The third kappa shape index (κ3) is 8.06. The molecular formula is C34H45N5O3. The average molecular weight is 572 g/mol. The number of rotatable bonds is 9. The fourth-order valence-corrected chi connectivity index (χ4v) is 5.86. The lowest BCUT2D eigenvalue weighted by Gasteiger charge is -2.34. The summed E-state index contributed by atoms with van der Waals surface area (Å²) in [4.78, 5) is 38.9. The standard InChI is InChI=1S/C34H45N5O3/c1-34(2,3)42-33(41)39-21-15-27(16-22-39)36-31-23-30(37-29-14-17-35-24-28(29)31)25-10-12-26(13-11-25)32(40)9-5-8-20-38-18-6-4-7-19-38/h10-14,17,23-24,27H,4-9,15-16,18-22H2,1-3H3,(H,36,37). The number of nitrogens with one attached hydrogen (secondary N) is 1. The van der Waals surface area contributed by atoms with E-state index in [9.17, 15) is 9.59 Å². The van der Waals surface area contributed by atoms with Crippen LogP contribution >= 0.6 is 0 Å². The average Bonchev–Trinajstić information content (AvgIpc) is 2.99. The number of ketones is 1. The van der Waals surface area contributed by atoms with E-state index in [0.29, 0.717) is 19.5 Å². The molecule has 0 saturated carbocycles. The summed E-state index contributed by atoms with van der Waals surface area (Å²) in [5.41, 5.74) is 3.93. The van der Waals surface area contributed by atoms with Crippen molar-refractivity contribution in [1.29, 1.82) is 0 Å². The highest BCUT2D eigenvalue weighted by atomic mass is 16.6. The van der Waals surface area contributed by atoms with Gasteiger partial charge in [-0.15, -0.1) is 0 Å². The number of nitrogens with zero attached hydrogens (tertiary/aromatic N) is 4. The Morgan fingerprint density at radius 1 is 0.976 bits per heavy atom. The molecule has 0 unspecified atom stereocenters. The first kappa shape index (κ1) is 30.0. The number of hydrogen-bond acceptors (Lipinski definition) is 7. The zero-order valence-corrected chi connectivity index (χ0v) is 25.4. The fourth-order valence-electron chi connectivity index (χ4n) is 5.86. The van der Waals surface area contributed by atoms with Gasteiger partial charge >= 0.3 is 6.09 Å². The highest BCUT2D eigenvalue weighted by molar-refractivity contribution is 5.97. The highest BCUT2D eigenvalue weighted by Gasteiger charge is 2.27. The molecule has 1 aromatic carbocycles. The van der Waals surface area contributed by atoms with Gasteiger partial charge in [-0.3, -0.25) is 9.78 Å². The molecule has 0 atom stereocenters. The van der Waals surface area contributed by atoms with Gasteiger partial charge in [0.05, 0.1) is 11.2 Å². The van der Waals surface area contributed by atoms with Crippen molar-refractivity contribution in [3.05, 3.63) is 54.4 Å². The van der Waals surface area contributed by atoms with Crippen LogP contribution in [0.1, 0.15) is 82.5 Å². The normalized spacial score (nSPS) is 16.9. The van der Waals surface area contributed by atoms with Crippen molar-refractivity contribution in [3.8, 4) is 11.3 Å². The van der Waals surface area contributed by atoms with Crippen molar-refractivity contribution >= 4 is 28.5 Å². The van der Waals surface area contributed by atoms with Crippen LogP contribution in [-0.4, -0.2) is 76.0 Å². The summed E-state index contributed by atoms with van der Waals surface area (Å²) < 4.78 is 5.55. The van der Waals surface area contributed by atoms with Crippen LogP contribution in [0, 0.1) is 0 Å². The van der Waals surface area contributed by atoms with Gasteiger partial charge in [0, 0.05) is 60.1 Å². The molecule has 2 aliphatic heterocycles. The molecular weight excluding hydrogens is 526 g/mol. The van der Waals surface area contributed by atoms with Crippen LogP contribution in [0.3, 0.4) is 0 Å². The van der Waals surface area contributed by atoms with Gasteiger partial charge in [-0.1, -0.05) is 30.7 Å². The smallest absolute Gasteiger partial charge is 0.410 e. The van der Waals surface area contributed by atoms with Crippen LogP contribution in [0.25, 0.3) is 22.2 Å². The number of piperidine rings is 2. The Hall–Kier alpha value is -3.52. The van der Waals surface area contributed by atoms with E-state index in [1.165, 1.54) is 32.4 Å². The fraction of sp³-hybridized carbons (Fsp3) is 0.529. The van der Waals surface area contributed by atoms with Gasteiger partial charge in [0.2, 0.25) is 0 Å². The molecule has 4 heterocycles. The molecule has 2 aromatic heterocycles. The van der Waals surface area contributed by atoms with E-state index in [0.717, 1.165) is 65.6 Å². The van der Waals surface area contributed by atoms with Gasteiger partial charge in [0.15, 0.2) is 5.78 Å². The number of carbonyl (C=O) groups is 2. The molecule has 2 fully saturated rings. The van der Waals surface area contributed by atoms with E-state index in [1.54, 1.807) is 11.1 Å². The predicted molar refractivity (Wildman–Crippen MR) is 168 cm³/mol. The van der Waals surface area contributed by atoms with Gasteiger partial charge in [0.25, 0.3) is 0 Å². The maximum Gasteiger partial charge on any atom is 0.410 e. The van der Waals surface area contributed by atoms with Crippen molar-refractivity contribution in [3.63, 3.8) is 0 Å². The molecule has 1 amide bonds. The van der Waals surface area contributed by atoms with Gasteiger partial charge in [0.1, 0.15) is 5.60 Å². The SMILES string of the molecule is CC(C)(C)OC(=O)N1CCC(Nc2cc(-c3ccc(C(=O)CCCCN4CCCCC4)cc3)nc3ccncc23)CC1. The number of likely N-dealkylation sites (tertiary alicyclic amines) is 2. The molecule has 8 nitrogen and oxygen atoms in total. The molecule has 0 radical (unpaired) electrons. The number of unbranched alkanes of at least 4 members (excludes halogenated alkanes) is 1. The minimum absolute atomic E-state index is 0.206. The Kier molecular flexibility index (Phi) is 9.73. The Bertz CT molecular complexity index is 1350. The molecule has 2 saturated heterocycles. The monoisotopic (exact) mass is 571 g/mol.